The van der Waals surface area contributed by atoms with E-state index in [1.165, 1.54) is 24.8 Å². The third kappa shape index (κ3) is 7.74. The summed E-state index contributed by atoms with van der Waals surface area (Å²) >= 11 is 0. The monoisotopic (exact) mass is 278 g/mol. The van der Waals surface area contributed by atoms with E-state index in [1.807, 2.05) is 12.2 Å². The maximum Gasteiger partial charge on any atom is 4.00 e. The summed E-state index contributed by atoms with van der Waals surface area (Å²) in [6.07, 6.45) is 22.5. The fourth-order valence-corrected chi connectivity index (χ4v) is 1.33. The summed E-state index contributed by atoms with van der Waals surface area (Å²) in [5, 5.41) is 0. The number of hydrogen-bond donors (Lipinski definition) is 0. The van der Waals surface area contributed by atoms with E-state index in [9.17, 15) is 0 Å². The molecule has 0 unspecified atom stereocenters. The average Bonchev–Trinajstić information content (AvgIpc) is 2.90. The van der Waals surface area contributed by atoms with E-state index in [0.29, 0.717) is 0 Å². The van der Waals surface area contributed by atoms with Crippen LogP contribution in [0.2, 0.25) is 0 Å². The molecule has 0 saturated carbocycles. The number of allylic oxidation sites excluding steroid dienone is 8. The molecule has 0 nitrogen and oxygen atoms in total. The fourth-order valence-electron chi connectivity index (χ4n) is 1.33. The minimum absolute atomic E-state index is 0. The van der Waals surface area contributed by atoms with Gasteiger partial charge in [0, 0.05) is 0 Å². The molecule has 2 aliphatic rings. The second kappa shape index (κ2) is 10.4. The Morgan fingerprint density at radius 1 is 1.33 bits per heavy atom. The Morgan fingerprint density at radius 3 is 2.60 bits per heavy atom. The molecule has 0 heterocycles. The summed E-state index contributed by atoms with van der Waals surface area (Å²) in [4.78, 5) is 0. The van der Waals surface area contributed by atoms with Gasteiger partial charge in [-0.25, -0.2) is 23.8 Å². The molecule has 0 fully saturated rings. The van der Waals surface area contributed by atoms with Gasteiger partial charge >= 0.3 is 26.2 Å². The van der Waals surface area contributed by atoms with Gasteiger partial charge in [-0.2, -0.15) is 12.2 Å². The van der Waals surface area contributed by atoms with E-state index in [0.717, 1.165) is 12.8 Å². The van der Waals surface area contributed by atoms with Gasteiger partial charge in [-0.15, -0.1) is 12.8 Å². The zero-order valence-electron chi connectivity index (χ0n) is 11.4. The van der Waals surface area contributed by atoms with Crippen LogP contribution < -0.4 is 0 Å². The van der Waals surface area contributed by atoms with E-state index in [-0.39, 0.29) is 29.1 Å². The van der Waals surface area contributed by atoms with Crippen molar-refractivity contribution in [3.63, 3.8) is 0 Å². The molecule has 1 heteroatoms. The molecule has 0 amide bonds. The van der Waals surface area contributed by atoms with Crippen LogP contribution in [0, 0.1) is 12.2 Å². The Balaban J connectivity index is -0.000000216. The zero-order chi connectivity index (χ0) is 10.1. The molecule has 80 valence electrons. The first-order chi connectivity index (χ1) is 6.93. The quantitative estimate of drug-likeness (QED) is 0.672. The van der Waals surface area contributed by atoms with Crippen molar-refractivity contribution in [2.45, 2.75) is 39.0 Å². The Morgan fingerprint density at radius 2 is 2.20 bits per heavy atom. The van der Waals surface area contributed by atoms with Crippen molar-refractivity contribution in [2.24, 2.45) is 0 Å². The Labute approximate surface area is 116 Å². The number of rotatable bonds is 3. The van der Waals surface area contributed by atoms with Crippen LogP contribution in [0.15, 0.2) is 36.0 Å². The van der Waals surface area contributed by atoms with Crippen LogP contribution in [0.1, 0.15) is 41.9 Å². The van der Waals surface area contributed by atoms with E-state index in [1.54, 1.807) is 0 Å². The third-order valence-corrected chi connectivity index (χ3v) is 2.15. The van der Waals surface area contributed by atoms with Crippen molar-refractivity contribution in [3.05, 3.63) is 48.1 Å². The van der Waals surface area contributed by atoms with Crippen molar-refractivity contribution in [2.75, 3.05) is 0 Å². The summed E-state index contributed by atoms with van der Waals surface area (Å²) in [7, 11) is 0. The van der Waals surface area contributed by atoms with Crippen LogP contribution >= 0.6 is 0 Å². The van der Waals surface area contributed by atoms with Crippen LogP contribution in [0.25, 0.3) is 0 Å². The summed E-state index contributed by atoms with van der Waals surface area (Å²) in [6, 6.07) is 0. The molecular weight excluding hydrogens is 259 g/mol. The topological polar surface area (TPSA) is 0 Å². The molecule has 0 saturated heterocycles. The first-order valence-electron chi connectivity index (χ1n) is 5.41. The molecule has 0 aromatic heterocycles. The predicted molar refractivity (Wildman–Crippen MR) is 63.8 cm³/mol. The molecule has 0 aliphatic heterocycles. The first-order valence-corrected chi connectivity index (χ1v) is 5.41. The van der Waals surface area contributed by atoms with E-state index in [2.05, 4.69) is 37.3 Å². The summed E-state index contributed by atoms with van der Waals surface area (Å²) < 4.78 is 0. The van der Waals surface area contributed by atoms with Gasteiger partial charge < -0.3 is 2.85 Å². The minimum Gasteiger partial charge on any atom is -1.00 e. The van der Waals surface area contributed by atoms with Crippen molar-refractivity contribution < 1.29 is 29.1 Å². The van der Waals surface area contributed by atoms with Gasteiger partial charge in [0.15, 0.2) is 0 Å². The number of unbranched alkanes of at least 4 members (excludes halogenated alkanes) is 1. The van der Waals surface area contributed by atoms with Gasteiger partial charge in [0.25, 0.3) is 0 Å². The SMILES string of the molecule is CCCCC1=[C-]CC=C1.[C-]1=CC=CC1.[H-].[H-].[Zr+4]. The fraction of sp³-hybridized carbons (Fsp3) is 0.429. The molecule has 15 heavy (non-hydrogen) atoms. The smallest absolute Gasteiger partial charge is 1.00 e. The van der Waals surface area contributed by atoms with Gasteiger partial charge in [0.05, 0.1) is 0 Å². The van der Waals surface area contributed by atoms with Crippen LogP contribution in [0.5, 0.6) is 0 Å². The third-order valence-electron chi connectivity index (χ3n) is 2.15. The molecule has 0 aromatic rings. The van der Waals surface area contributed by atoms with E-state index in [4.69, 9.17) is 0 Å². The van der Waals surface area contributed by atoms with Gasteiger partial charge in [0.2, 0.25) is 0 Å². The van der Waals surface area contributed by atoms with E-state index >= 15 is 0 Å². The van der Waals surface area contributed by atoms with Gasteiger partial charge in [-0.1, -0.05) is 26.2 Å². The molecule has 2 rings (SSSR count). The van der Waals surface area contributed by atoms with Crippen LogP contribution in [-0.4, -0.2) is 0 Å². The normalized spacial score (nSPS) is 15.7. The molecule has 0 spiro atoms. The first kappa shape index (κ1) is 14.8. The molecule has 0 bridgehead atoms. The molecule has 0 N–H and O–H groups in total. The second-order valence-electron chi connectivity index (χ2n) is 3.42. The zero-order valence-corrected chi connectivity index (χ0v) is 11.9. The van der Waals surface area contributed by atoms with Gasteiger partial charge in [-0.3, -0.25) is 12.2 Å². The van der Waals surface area contributed by atoms with Gasteiger partial charge in [0.1, 0.15) is 0 Å². The standard InChI is InChI=1S/C9H13.C5H5.Zr.2H/c1-2-3-6-9-7-4-5-8-9;1-2-4-5-3-1;;;/h4,7H,2-3,5-6H2,1H3;1-3H,4H2;;;/q2*-1;+4;2*-1. The molecule has 0 radical (unpaired) electrons. The summed E-state index contributed by atoms with van der Waals surface area (Å²) in [6.45, 7) is 2.22. The number of hydrogen-bond acceptors (Lipinski definition) is 0. The Bertz CT molecular complexity index is 255. The predicted octanol–water partition coefficient (Wildman–Crippen LogP) is 4.39. The largest absolute Gasteiger partial charge is 4.00 e. The molecule has 0 aromatic carbocycles. The van der Waals surface area contributed by atoms with Crippen molar-refractivity contribution in [3.8, 4) is 0 Å². The van der Waals surface area contributed by atoms with E-state index < -0.39 is 0 Å². The summed E-state index contributed by atoms with van der Waals surface area (Å²) in [5.74, 6) is 0. The second-order valence-corrected chi connectivity index (χ2v) is 3.42. The maximum atomic E-state index is 3.30. The Kier molecular flexibility index (Phi) is 10.3. The molecular formula is C14H20Zr. The van der Waals surface area contributed by atoms with Crippen molar-refractivity contribution in [1.29, 1.82) is 0 Å². The van der Waals surface area contributed by atoms with Crippen molar-refractivity contribution in [1.82, 2.24) is 0 Å². The molecule has 0 atom stereocenters. The minimum atomic E-state index is 0. The summed E-state index contributed by atoms with van der Waals surface area (Å²) in [5.41, 5.74) is 1.41. The van der Waals surface area contributed by atoms with Crippen molar-refractivity contribution >= 4 is 0 Å². The van der Waals surface area contributed by atoms with Crippen LogP contribution in [0.3, 0.4) is 0 Å². The van der Waals surface area contributed by atoms with Gasteiger partial charge in [-0.05, 0) is 0 Å². The maximum absolute atomic E-state index is 3.30. The average molecular weight is 280 g/mol. The Hall–Kier alpha value is -0.157. The van der Waals surface area contributed by atoms with Crippen LogP contribution in [0.4, 0.5) is 0 Å². The molecule has 2 aliphatic carbocycles. The van der Waals surface area contributed by atoms with Crippen LogP contribution in [-0.2, 0) is 26.2 Å².